The van der Waals surface area contributed by atoms with Crippen LogP contribution in [-0.2, 0) is 0 Å². The molecule has 0 heterocycles. The summed E-state index contributed by atoms with van der Waals surface area (Å²) in [6.45, 7) is -0.813. The smallest absolute Gasteiger partial charge is 0.210 e. The van der Waals surface area contributed by atoms with E-state index in [1.165, 1.54) is 0 Å². The third-order valence-corrected chi connectivity index (χ3v) is 0.802. The second-order valence-electron chi connectivity index (χ2n) is 1.48. The van der Waals surface area contributed by atoms with E-state index in [0.717, 1.165) is 0 Å². The molecule has 0 aromatic carbocycles. The Kier molecular flexibility index (Phi) is 2.83. The van der Waals surface area contributed by atoms with Gasteiger partial charge in [-0.1, -0.05) is 0 Å². The molecule has 0 rings (SSSR count). The van der Waals surface area contributed by atoms with Gasteiger partial charge >= 0.3 is 0 Å². The number of hydrogen-bond donors (Lipinski definition) is 4. The van der Waals surface area contributed by atoms with Crippen LogP contribution >= 0.6 is 0 Å². The van der Waals surface area contributed by atoms with Crippen LogP contribution in [-0.4, -0.2) is 47.3 Å². The summed E-state index contributed by atoms with van der Waals surface area (Å²) in [6.07, 6.45) is -2.39. The van der Waals surface area contributed by atoms with Crippen molar-refractivity contribution in [3.8, 4) is 0 Å². The molecule has 0 fully saturated rings. The van der Waals surface area contributed by atoms with E-state index in [4.69, 9.17) is 16.8 Å². The fourth-order valence-electron chi connectivity index (χ4n) is 0.233. The molecule has 0 aliphatic rings. The Morgan fingerprint density at radius 1 is 1.25 bits per heavy atom. The fourth-order valence-corrected chi connectivity index (χ4v) is 0.233. The molecule has 0 amide bonds. The summed E-state index contributed by atoms with van der Waals surface area (Å²) in [7, 11) is 0. The van der Waals surface area contributed by atoms with Gasteiger partial charge in [0.15, 0.2) is 0 Å². The molecule has 4 N–H and O–H groups in total. The van der Waals surface area contributed by atoms with Gasteiger partial charge in [-0.05, 0) is 0 Å². The lowest BCUT2D eigenvalue weighted by Crippen LogP contribution is -2.31. The van der Waals surface area contributed by atoms with Gasteiger partial charge in [-0.3, -0.25) is 0 Å². The van der Waals surface area contributed by atoms with Crippen LogP contribution in [0.4, 0.5) is 0 Å². The predicted octanol–water partition coefficient (Wildman–Crippen LogP) is -2.31. The van der Waals surface area contributed by atoms with Crippen molar-refractivity contribution in [2.45, 2.75) is 12.2 Å². The highest BCUT2D eigenvalue weighted by molar-refractivity contribution is 4.62. The van der Waals surface area contributed by atoms with Crippen LogP contribution in [0.2, 0.25) is 0 Å². The van der Waals surface area contributed by atoms with Crippen LogP contribution < -0.4 is 0 Å². The minimum atomic E-state index is -1.21. The zero-order valence-corrected chi connectivity index (χ0v) is 4.32. The molecule has 2 atom stereocenters. The van der Waals surface area contributed by atoms with E-state index < -0.39 is 18.8 Å². The van der Waals surface area contributed by atoms with Crippen LogP contribution in [0, 0.1) is 0 Å². The molecule has 4 nitrogen and oxygen atoms in total. The first-order chi connectivity index (χ1) is 4.22. The maximum absolute atomic E-state index is 8.66. The molecule has 0 saturated carbocycles. The van der Waals surface area contributed by atoms with Gasteiger partial charge in [-0.25, -0.2) is 0 Å². The summed E-state index contributed by atoms with van der Waals surface area (Å²) in [5.74, 6) is 0. The maximum Gasteiger partial charge on any atom is 0.210 e. The van der Waals surface area contributed by atoms with Gasteiger partial charge in [0.2, 0.25) is 1.43 Å². The highest BCUT2D eigenvalue weighted by Crippen LogP contribution is 1.88. The topological polar surface area (TPSA) is 80.9 Å². The highest BCUT2D eigenvalue weighted by atomic mass is 16.4. The average molecular weight is 123 g/mol. The van der Waals surface area contributed by atoms with E-state index in [0.29, 0.717) is 0 Å². The van der Waals surface area contributed by atoms with Gasteiger partial charge in [0.25, 0.3) is 0 Å². The van der Waals surface area contributed by atoms with Crippen LogP contribution in [0.15, 0.2) is 0 Å². The Bertz CT molecular complexity index is 69.6. The predicted molar refractivity (Wildman–Crippen MR) is 26.2 cm³/mol. The lowest BCUT2D eigenvalue weighted by Gasteiger charge is -2.10. The molecule has 8 heavy (non-hydrogen) atoms. The number of hydrogen-bond acceptors (Lipinski definition) is 4. The van der Waals surface area contributed by atoms with Crippen molar-refractivity contribution in [1.29, 1.82) is 1.43 Å². The minimum Gasteiger partial charge on any atom is -0.394 e. The Balaban J connectivity index is 3.32. The fraction of sp³-hybridized carbons (Fsp3) is 1.00. The van der Waals surface area contributed by atoms with Crippen LogP contribution in [0.3, 0.4) is 0 Å². The summed E-state index contributed by atoms with van der Waals surface area (Å²) in [6, 6.07) is 0. The normalized spacial score (nSPS) is 19.6. The molecular weight excluding hydrogens is 112 g/mol. The van der Waals surface area contributed by atoms with Crippen LogP contribution in [0.25, 0.3) is 0 Å². The van der Waals surface area contributed by atoms with Gasteiger partial charge in [0.05, 0.1) is 13.2 Å². The van der Waals surface area contributed by atoms with E-state index in [-0.39, 0.29) is 6.61 Å². The number of rotatable bonds is 4. The Morgan fingerprint density at radius 2 is 1.75 bits per heavy atom. The lowest BCUT2D eigenvalue weighted by atomic mass is 10.2. The second-order valence-corrected chi connectivity index (χ2v) is 1.48. The van der Waals surface area contributed by atoms with Crippen molar-refractivity contribution in [1.82, 2.24) is 0 Å². The molecule has 0 unspecified atom stereocenters. The Hall–Kier alpha value is -0.160. The summed E-state index contributed by atoms with van der Waals surface area (Å²) < 4.78 is 6.15. The summed E-state index contributed by atoms with van der Waals surface area (Å²) in [4.78, 5) is 0. The molecular formula is C4H10O4. The molecule has 4 heteroatoms. The quantitative estimate of drug-likeness (QED) is 0.338. The Labute approximate surface area is 48.5 Å². The average Bonchev–Trinajstić information content (AvgIpc) is 1.87. The third-order valence-electron chi connectivity index (χ3n) is 0.802. The van der Waals surface area contributed by atoms with Gasteiger partial charge in [0.1, 0.15) is 12.2 Å². The highest BCUT2D eigenvalue weighted by Gasteiger charge is 2.12. The van der Waals surface area contributed by atoms with Crippen molar-refractivity contribution in [3.05, 3.63) is 0 Å². The van der Waals surface area contributed by atoms with Crippen LogP contribution in [0.1, 0.15) is 0 Å². The van der Waals surface area contributed by atoms with Crippen molar-refractivity contribution < 1.29 is 20.4 Å². The first-order valence-electron chi connectivity index (χ1n) is 2.68. The van der Waals surface area contributed by atoms with Gasteiger partial charge in [-0.2, -0.15) is 0 Å². The molecule has 0 bridgehead atoms. The van der Waals surface area contributed by atoms with Crippen LogP contribution in [0.5, 0.6) is 0 Å². The third kappa shape index (κ3) is 2.23. The Morgan fingerprint density at radius 3 is 2.12 bits per heavy atom. The summed E-state index contributed by atoms with van der Waals surface area (Å²) in [5, 5.41) is 29.2. The van der Waals surface area contributed by atoms with Crippen molar-refractivity contribution in [2.75, 3.05) is 13.2 Å². The van der Waals surface area contributed by atoms with Gasteiger partial charge in [0, 0.05) is 0 Å². The zero-order valence-electron chi connectivity index (χ0n) is 5.32. The molecule has 0 aromatic rings. The van der Waals surface area contributed by atoms with Gasteiger partial charge < -0.3 is 20.4 Å². The monoisotopic (exact) mass is 123 g/mol. The molecule has 0 spiro atoms. The van der Waals surface area contributed by atoms with Crippen molar-refractivity contribution in [3.63, 3.8) is 0 Å². The summed E-state index contributed by atoms with van der Waals surface area (Å²) >= 11 is 0. The molecule has 0 aliphatic carbocycles. The minimum absolute atomic E-state index is 0.290. The number of aliphatic hydroxyl groups is 4. The van der Waals surface area contributed by atoms with E-state index in [9.17, 15) is 0 Å². The van der Waals surface area contributed by atoms with E-state index >= 15 is 0 Å². The molecule has 0 aromatic heterocycles. The molecule has 50 valence electrons. The lowest BCUT2D eigenvalue weighted by molar-refractivity contribution is -0.0388. The first kappa shape index (κ1) is 5.97. The van der Waals surface area contributed by atoms with Gasteiger partial charge in [-0.15, -0.1) is 0 Å². The summed E-state index contributed by atoms with van der Waals surface area (Å²) in [5.41, 5.74) is 0. The van der Waals surface area contributed by atoms with Crippen molar-refractivity contribution in [2.24, 2.45) is 0 Å². The molecule has 0 radical (unpaired) electrons. The van der Waals surface area contributed by atoms with Crippen molar-refractivity contribution >= 4 is 0 Å². The number of aliphatic hydroxyl groups excluding tert-OH is 4. The maximum atomic E-state index is 8.66. The van der Waals surface area contributed by atoms with E-state index in [1.807, 2.05) is 0 Å². The standard InChI is InChI=1S/C4H10O4/c5-1-3(7)4(8)2-6/h3-8H,1-2H2/t3-,4+/i5D/m0/s1. The first-order valence-corrected chi connectivity index (χ1v) is 2.27. The molecule has 0 saturated heterocycles. The van der Waals surface area contributed by atoms with E-state index in [1.54, 1.807) is 0 Å². The largest absolute Gasteiger partial charge is 0.394 e. The van der Waals surface area contributed by atoms with E-state index in [2.05, 4.69) is 5.11 Å². The zero-order chi connectivity index (χ0) is 7.28. The SMILES string of the molecule is [2H]OC[C@H](O)[C@H](O)CO. The second kappa shape index (κ2) is 3.80. The molecule has 0 aliphatic heterocycles.